The van der Waals surface area contributed by atoms with Crippen LogP contribution in [0.15, 0.2) is 36.4 Å². The van der Waals surface area contributed by atoms with E-state index in [0.717, 1.165) is 11.8 Å². The van der Waals surface area contributed by atoms with Crippen LogP contribution in [0.1, 0.15) is 75.7 Å². The molecule has 134 valence electrons. The van der Waals surface area contributed by atoms with Crippen LogP contribution in [0.4, 0.5) is 4.39 Å². The third kappa shape index (κ3) is 5.43. The SMILES string of the molecule is N#CC=CC1CCC(CCC2CCC(c3ccc(F)cc3)CC2)CC1. The molecule has 0 spiro atoms. The molecule has 2 fully saturated rings. The van der Waals surface area contributed by atoms with Crippen molar-refractivity contribution < 1.29 is 4.39 Å². The fourth-order valence-corrected chi connectivity index (χ4v) is 4.84. The van der Waals surface area contributed by atoms with Gasteiger partial charge < -0.3 is 0 Å². The first-order chi connectivity index (χ1) is 12.2. The van der Waals surface area contributed by atoms with Crippen molar-refractivity contribution in [2.45, 2.75) is 70.1 Å². The lowest BCUT2D eigenvalue weighted by Gasteiger charge is -2.31. The Labute approximate surface area is 151 Å². The summed E-state index contributed by atoms with van der Waals surface area (Å²) in [5.41, 5.74) is 1.32. The molecule has 1 nitrogen and oxygen atoms in total. The van der Waals surface area contributed by atoms with Crippen molar-refractivity contribution in [1.29, 1.82) is 5.26 Å². The minimum atomic E-state index is -0.129. The van der Waals surface area contributed by atoms with Crippen LogP contribution >= 0.6 is 0 Å². The second-order valence-corrected chi connectivity index (χ2v) is 8.12. The van der Waals surface area contributed by atoms with E-state index in [9.17, 15) is 4.39 Å². The lowest BCUT2D eigenvalue weighted by molar-refractivity contribution is 0.246. The summed E-state index contributed by atoms with van der Waals surface area (Å²) in [7, 11) is 0. The molecule has 25 heavy (non-hydrogen) atoms. The Morgan fingerprint density at radius 1 is 0.880 bits per heavy atom. The van der Waals surface area contributed by atoms with Crippen LogP contribution in [0.3, 0.4) is 0 Å². The van der Waals surface area contributed by atoms with Crippen LogP contribution < -0.4 is 0 Å². The van der Waals surface area contributed by atoms with Gasteiger partial charge in [0.1, 0.15) is 5.82 Å². The molecular weight excluding hydrogens is 309 g/mol. The maximum Gasteiger partial charge on any atom is 0.123 e. The van der Waals surface area contributed by atoms with Crippen molar-refractivity contribution in [1.82, 2.24) is 0 Å². The molecule has 0 saturated heterocycles. The van der Waals surface area contributed by atoms with E-state index in [0.29, 0.717) is 11.8 Å². The zero-order valence-corrected chi connectivity index (χ0v) is 15.2. The Morgan fingerprint density at radius 2 is 1.44 bits per heavy atom. The highest BCUT2D eigenvalue weighted by Gasteiger charge is 2.24. The number of rotatable bonds is 5. The average molecular weight is 339 g/mol. The molecule has 2 aliphatic rings. The zero-order valence-electron chi connectivity index (χ0n) is 15.2. The van der Waals surface area contributed by atoms with Gasteiger partial charge in [-0.2, -0.15) is 5.26 Å². The van der Waals surface area contributed by atoms with Crippen molar-refractivity contribution in [3.05, 3.63) is 47.8 Å². The summed E-state index contributed by atoms with van der Waals surface area (Å²) in [6, 6.07) is 9.26. The molecule has 0 radical (unpaired) electrons. The van der Waals surface area contributed by atoms with E-state index in [4.69, 9.17) is 5.26 Å². The highest BCUT2D eigenvalue weighted by molar-refractivity contribution is 5.20. The second kappa shape index (κ2) is 9.18. The van der Waals surface area contributed by atoms with Gasteiger partial charge >= 0.3 is 0 Å². The standard InChI is InChI=1S/C23H30FN/c24-23-15-13-22(14-16-23)21-11-9-20(10-12-21)8-7-19-5-3-18(4-6-19)2-1-17-25/h1-2,13-16,18-21H,3-12H2. The zero-order chi connectivity index (χ0) is 17.5. The second-order valence-electron chi connectivity index (χ2n) is 8.12. The Morgan fingerprint density at radius 3 is 2.00 bits per heavy atom. The average Bonchev–Trinajstić information content (AvgIpc) is 2.67. The molecule has 0 aromatic heterocycles. The number of allylic oxidation sites excluding steroid dienone is 2. The van der Waals surface area contributed by atoms with Crippen LogP contribution in [-0.2, 0) is 0 Å². The fraction of sp³-hybridized carbons (Fsp3) is 0.609. The van der Waals surface area contributed by atoms with Gasteiger partial charge in [-0.3, -0.25) is 0 Å². The van der Waals surface area contributed by atoms with Crippen LogP contribution in [0.2, 0.25) is 0 Å². The molecule has 0 amide bonds. The van der Waals surface area contributed by atoms with Crippen LogP contribution in [-0.4, -0.2) is 0 Å². The Balaban J connectivity index is 1.35. The van der Waals surface area contributed by atoms with Gasteiger partial charge in [0.25, 0.3) is 0 Å². The fourth-order valence-electron chi connectivity index (χ4n) is 4.84. The smallest absolute Gasteiger partial charge is 0.123 e. The van der Waals surface area contributed by atoms with E-state index >= 15 is 0 Å². The third-order valence-corrected chi connectivity index (χ3v) is 6.51. The monoisotopic (exact) mass is 339 g/mol. The predicted octanol–water partition coefficient (Wildman–Crippen LogP) is 6.77. The van der Waals surface area contributed by atoms with Gasteiger partial charge in [-0.25, -0.2) is 4.39 Å². The molecule has 0 heterocycles. The first kappa shape index (κ1) is 18.2. The van der Waals surface area contributed by atoms with Gasteiger partial charge in [0, 0.05) is 6.08 Å². The highest BCUT2D eigenvalue weighted by Crippen LogP contribution is 2.39. The number of nitrogens with zero attached hydrogens (tertiary/aromatic N) is 1. The van der Waals surface area contributed by atoms with Crippen molar-refractivity contribution in [2.75, 3.05) is 0 Å². The van der Waals surface area contributed by atoms with Crippen molar-refractivity contribution in [2.24, 2.45) is 17.8 Å². The Hall–Kier alpha value is -1.62. The Bertz CT molecular complexity index is 582. The molecule has 3 rings (SSSR count). The molecule has 1 aromatic rings. The van der Waals surface area contributed by atoms with E-state index in [1.165, 1.54) is 69.8 Å². The quantitative estimate of drug-likeness (QED) is 0.543. The molecule has 0 aliphatic heterocycles. The number of hydrogen-bond acceptors (Lipinski definition) is 1. The first-order valence-electron chi connectivity index (χ1n) is 10.1. The number of halogens is 1. The van der Waals surface area contributed by atoms with Gasteiger partial charge in [0.05, 0.1) is 6.07 Å². The maximum absolute atomic E-state index is 13.1. The molecule has 0 bridgehead atoms. The Kier molecular flexibility index (Phi) is 6.68. The number of benzene rings is 1. The van der Waals surface area contributed by atoms with Crippen molar-refractivity contribution in [3.8, 4) is 6.07 Å². The summed E-state index contributed by atoms with van der Waals surface area (Å²) in [4.78, 5) is 0. The summed E-state index contributed by atoms with van der Waals surface area (Å²) < 4.78 is 13.1. The lowest BCUT2D eigenvalue weighted by Crippen LogP contribution is -2.17. The molecule has 0 atom stereocenters. The summed E-state index contributed by atoms with van der Waals surface area (Å²) in [6.45, 7) is 0. The topological polar surface area (TPSA) is 23.8 Å². The molecule has 1 aromatic carbocycles. The van der Waals surface area contributed by atoms with E-state index in [1.807, 2.05) is 12.1 Å². The minimum absolute atomic E-state index is 0.129. The first-order valence-corrected chi connectivity index (χ1v) is 10.1. The third-order valence-electron chi connectivity index (χ3n) is 6.51. The molecule has 2 aliphatic carbocycles. The highest BCUT2D eigenvalue weighted by atomic mass is 19.1. The van der Waals surface area contributed by atoms with Gasteiger partial charge in [-0.1, -0.05) is 31.1 Å². The molecule has 2 saturated carbocycles. The number of nitriles is 1. The molecule has 0 unspecified atom stereocenters. The van der Waals surface area contributed by atoms with Crippen LogP contribution in [0, 0.1) is 34.9 Å². The van der Waals surface area contributed by atoms with Gasteiger partial charge in [0.2, 0.25) is 0 Å². The molecule has 2 heteroatoms. The molecular formula is C23H30FN. The van der Waals surface area contributed by atoms with Crippen LogP contribution in [0.5, 0.6) is 0 Å². The molecule has 0 N–H and O–H groups in total. The predicted molar refractivity (Wildman–Crippen MR) is 101 cm³/mol. The van der Waals surface area contributed by atoms with E-state index in [2.05, 4.69) is 12.1 Å². The largest absolute Gasteiger partial charge is 0.207 e. The summed E-state index contributed by atoms with van der Waals surface area (Å²) in [5, 5.41) is 8.63. The summed E-state index contributed by atoms with van der Waals surface area (Å²) in [6.07, 6.45) is 16.9. The minimum Gasteiger partial charge on any atom is -0.207 e. The normalized spacial score (nSPS) is 30.2. The van der Waals surface area contributed by atoms with E-state index in [-0.39, 0.29) is 5.82 Å². The van der Waals surface area contributed by atoms with Gasteiger partial charge in [0.15, 0.2) is 0 Å². The summed E-state index contributed by atoms with van der Waals surface area (Å²) >= 11 is 0. The van der Waals surface area contributed by atoms with Crippen LogP contribution in [0.25, 0.3) is 0 Å². The lowest BCUT2D eigenvalue weighted by atomic mass is 9.74. The van der Waals surface area contributed by atoms with E-state index < -0.39 is 0 Å². The maximum atomic E-state index is 13.1. The summed E-state index contributed by atoms with van der Waals surface area (Å²) in [5.74, 6) is 2.95. The van der Waals surface area contributed by atoms with Crippen molar-refractivity contribution in [3.63, 3.8) is 0 Å². The van der Waals surface area contributed by atoms with Crippen molar-refractivity contribution >= 4 is 0 Å². The number of hydrogen-bond donors (Lipinski definition) is 0. The van der Waals surface area contributed by atoms with Gasteiger partial charge in [-0.05, 0) is 92.7 Å². The van der Waals surface area contributed by atoms with E-state index in [1.54, 1.807) is 18.2 Å². The van der Waals surface area contributed by atoms with Gasteiger partial charge in [-0.15, -0.1) is 0 Å².